The third kappa shape index (κ3) is 5.91. The third-order valence-electron chi connectivity index (χ3n) is 5.83. The summed E-state index contributed by atoms with van der Waals surface area (Å²) in [6, 6.07) is 27.5. The SMILES string of the molecule is C=CC1=C[C@](O)(OCc2ccccc2)[C@@](O)(OCc2ccccc2)[C@@H](C(O)OCc2ccccc2)O1. The Balaban J connectivity index is 1.63. The molecule has 4 rings (SSSR count). The average Bonchev–Trinajstić information content (AvgIpc) is 2.93. The van der Waals surface area contributed by atoms with Crippen LogP contribution in [0.15, 0.2) is 115 Å². The van der Waals surface area contributed by atoms with Crippen LogP contribution in [0.4, 0.5) is 0 Å². The molecule has 3 aromatic rings. The van der Waals surface area contributed by atoms with Crippen LogP contribution in [-0.4, -0.2) is 39.3 Å². The Morgan fingerprint density at radius 1 is 0.778 bits per heavy atom. The van der Waals surface area contributed by atoms with Crippen molar-refractivity contribution in [3.05, 3.63) is 132 Å². The van der Waals surface area contributed by atoms with Crippen LogP contribution >= 0.6 is 0 Å². The van der Waals surface area contributed by atoms with Gasteiger partial charge in [0.1, 0.15) is 5.76 Å². The standard InChI is InChI=1S/C29H30O7/c1-2-25-18-28(31,34-20-23-14-8-4-9-15-23)29(32,35-21-24-16-10-5-11-17-24)26(36-25)27(30)33-19-22-12-6-3-7-13-22/h2-18,26-27,30-32H,1,19-21H2/t26-,27?,28+,29+/m1/s1. The second kappa shape index (κ2) is 11.6. The van der Waals surface area contributed by atoms with Gasteiger partial charge in [0.15, 0.2) is 6.29 Å². The van der Waals surface area contributed by atoms with E-state index in [9.17, 15) is 15.3 Å². The van der Waals surface area contributed by atoms with E-state index in [1.54, 1.807) is 12.1 Å². The minimum atomic E-state index is -2.56. The third-order valence-corrected chi connectivity index (χ3v) is 5.83. The Morgan fingerprint density at radius 3 is 1.75 bits per heavy atom. The highest BCUT2D eigenvalue weighted by Gasteiger charge is 2.63. The van der Waals surface area contributed by atoms with E-state index in [1.807, 2.05) is 78.9 Å². The number of hydrogen-bond donors (Lipinski definition) is 3. The quantitative estimate of drug-likeness (QED) is 0.352. The Labute approximate surface area is 210 Å². The van der Waals surface area contributed by atoms with Gasteiger partial charge in [0.25, 0.3) is 5.79 Å². The van der Waals surface area contributed by atoms with Crippen molar-refractivity contribution in [2.75, 3.05) is 0 Å². The number of rotatable bonds is 11. The summed E-state index contributed by atoms with van der Waals surface area (Å²) >= 11 is 0. The van der Waals surface area contributed by atoms with Crippen LogP contribution in [-0.2, 0) is 38.8 Å². The summed E-state index contributed by atoms with van der Waals surface area (Å²) in [7, 11) is 0. The molecule has 0 amide bonds. The molecule has 7 heteroatoms. The van der Waals surface area contributed by atoms with Crippen molar-refractivity contribution >= 4 is 0 Å². The second-order valence-corrected chi connectivity index (χ2v) is 8.42. The first-order chi connectivity index (χ1) is 17.4. The first kappa shape index (κ1) is 25.8. The number of benzene rings is 3. The molecule has 0 spiro atoms. The number of allylic oxidation sites excluding steroid dienone is 1. The fraction of sp³-hybridized carbons (Fsp3) is 0.241. The van der Waals surface area contributed by atoms with E-state index in [0.717, 1.165) is 16.7 Å². The van der Waals surface area contributed by atoms with Gasteiger partial charge in [-0.3, -0.25) is 0 Å². The van der Waals surface area contributed by atoms with Gasteiger partial charge in [-0.1, -0.05) is 97.6 Å². The van der Waals surface area contributed by atoms with E-state index in [-0.39, 0.29) is 25.6 Å². The van der Waals surface area contributed by atoms with E-state index in [0.29, 0.717) is 0 Å². The van der Waals surface area contributed by atoms with Crippen molar-refractivity contribution in [1.82, 2.24) is 0 Å². The lowest BCUT2D eigenvalue weighted by atomic mass is 9.94. The van der Waals surface area contributed by atoms with Crippen molar-refractivity contribution in [3.63, 3.8) is 0 Å². The molecular weight excluding hydrogens is 460 g/mol. The highest BCUT2D eigenvalue weighted by Crippen LogP contribution is 2.41. The summed E-state index contributed by atoms with van der Waals surface area (Å²) in [5.41, 5.74) is 2.29. The highest BCUT2D eigenvalue weighted by atomic mass is 16.7. The van der Waals surface area contributed by atoms with Crippen LogP contribution in [0.3, 0.4) is 0 Å². The van der Waals surface area contributed by atoms with Crippen LogP contribution in [0, 0.1) is 0 Å². The van der Waals surface area contributed by atoms with Crippen LogP contribution in [0.2, 0.25) is 0 Å². The van der Waals surface area contributed by atoms with Gasteiger partial charge in [-0.15, -0.1) is 0 Å². The molecule has 0 saturated heterocycles. The fourth-order valence-corrected chi connectivity index (χ4v) is 3.83. The van der Waals surface area contributed by atoms with Gasteiger partial charge in [-0.25, -0.2) is 0 Å². The van der Waals surface area contributed by atoms with Gasteiger partial charge in [-0.05, 0) is 22.8 Å². The minimum absolute atomic E-state index is 0.0348. The van der Waals surface area contributed by atoms with E-state index < -0.39 is 24.0 Å². The van der Waals surface area contributed by atoms with Gasteiger partial charge >= 0.3 is 0 Å². The molecule has 1 aliphatic heterocycles. The summed E-state index contributed by atoms with van der Waals surface area (Å²) < 4.78 is 23.1. The van der Waals surface area contributed by atoms with Crippen molar-refractivity contribution in [2.45, 2.75) is 43.8 Å². The average molecular weight is 491 g/mol. The minimum Gasteiger partial charge on any atom is -0.479 e. The van der Waals surface area contributed by atoms with Gasteiger partial charge in [0.2, 0.25) is 11.9 Å². The molecule has 1 unspecified atom stereocenters. The molecule has 0 aliphatic carbocycles. The Hall–Kier alpha value is -3.30. The second-order valence-electron chi connectivity index (χ2n) is 8.42. The first-order valence-electron chi connectivity index (χ1n) is 11.6. The monoisotopic (exact) mass is 490 g/mol. The zero-order valence-electron chi connectivity index (χ0n) is 19.8. The van der Waals surface area contributed by atoms with Crippen molar-refractivity contribution in [1.29, 1.82) is 0 Å². The van der Waals surface area contributed by atoms with Crippen molar-refractivity contribution < 1.29 is 34.3 Å². The maximum atomic E-state index is 11.8. The molecule has 3 N–H and O–H groups in total. The Kier molecular flexibility index (Phi) is 8.32. The smallest absolute Gasteiger partial charge is 0.269 e. The molecule has 0 bridgehead atoms. The molecule has 36 heavy (non-hydrogen) atoms. The van der Waals surface area contributed by atoms with Gasteiger partial charge in [-0.2, -0.15) is 0 Å². The van der Waals surface area contributed by atoms with Gasteiger partial charge in [0, 0.05) is 6.08 Å². The maximum Gasteiger partial charge on any atom is 0.269 e. The summed E-state index contributed by atoms with van der Waals surface area (Å²) in [5.74, 6) is -4.88. The molecule has 0 radical (unpaired) electrons. The van der Waals surface area contributed by atoms with Gasteiger partial charge < -0.3 is 34.3 Å². The van der Waals surface area contributed by atoms with Crippen LogP contribution in [0.1, 0.15) is 16.7 Å². The molecule has 3 aromatic carbocycles. The molecule has 188 valence electrons. The number of aliphatic hydroxyl groups excluding tert-OH is 1. The summed E-state index contributed by atoms with van der Waals surface area (Å²) in [6.07, 6.45) is -0.760. The van der Waals surface area contributed by atoms with E-state index in [4.69, 9.17) is 18.9 Å². The van der Waals surface area contributed by atoms with Crippen LogP contribution in [0.5, 0.6) is 0 Å². The zero-order valence-corrected chi connectivity index (χ0v) is 19.8. The van der Waals surface area contributed by atoms with Gasteiger partial charge in [0.05, 0.1) is 19.8 Å². The fourth-order valence-electron chi connectivity index (χ4n) is 3.83. The number of aliphatic hydroxyl groups is 3. The Morgan fingerprint density at radius 2 is 1.25 bits per heavy atom. The zero-order chi connectivity index (χ0) is 25.4. The molecule has 7 nitrogen and oxygen atoms in total. The summed E-state index contributed by atoms with van der Waals surface area (Å²) in [4.78, 5) is 0. The number of ether oxygens (including phenoxy) is 4. The van der Waals surface area contributed by atoms with E-state index in [2.05, 4.69) is 6.58 Å². The maximum absolute atomic E-state index is 11.8. The van der Waals surface area contributed by atoms with Crippen molar-refractivity contribution in [3.8, 4) is 0 Å². The summed E-state index contributed by atoms with van der Waals surface area (Å²) in [5, 5.41) is 34.5. The van der Waals surface area contributed by atoms with Crippen molar-refractivity contribution in [2.24, 2.45) is 0 Å². The first-order valence-corrected chi connectivity index (χ1v) is 11.6. The molecule has 1 aliphatic rings. The molecule has 1 heterocycles. The predicted molar refractivity (Wildman–Crippen MR) is 133 cm³/mol. The molecule has 0 fully saturated rings. The lowest BCUT2D eigenvalue weighted by Gasteiger charge is -2.48. The van der Waals surface area contributed by atoms with Crippen LogP contribution in [0.25, 0.3) is 0 Å². The predicted octanol–water partition coefficient (Wildman–Crippen LogP) is 3.80. The normalized spacial score (nSPS) is 24.4. The largest absolute Gasteiger partial charge is 0.479 e. The molecule has 4 atom stereocenters. The number of hydrogen-bond acceptors (Lipinski definition) is 7. The molecule has 0 saturated carbocycles. The van der Waals surface area contributed by atoms with Crippen LogP contribution < -0.4 is 0 Å². The summed E-state index contributed by atoms with van der Waals surface area (Å²) in [6.45, 7) is 3.57. The molecular formula is C29H30O7. The lowest BCUT2D eigenvalue weighted by molar-refractivity contribution is -0.424. The topological polar surface area (TPSA) is 97.6 Å². The van der Waals surface area contributed by atoms with E-state index in [1.165, 1.54) is 12.2 Å². The lowest BCUT2D eigenvalue weighted by Crippen LogP contribution is -2.68. The van der Waals surface area contributed by atoms with E-state index >= 15 is 0 Å². The molecule has 0 aromatic heterocycles. The highest BCUT2D eigenvalue weighted by molar-refractivity contribution is 5.23. The Bertz CT molecular complexity index is 1140.